The minimum absolute atomic E-state index is 0.0674. The first-order valence-electron chi connectivity index (χ1n) is 8.36. The van der Waals surface area contributed by atoms with Crippen LogP contribution < -0.4 is 4.74 Å². The van der Waals surface area contributed by atoms with Gasteiger partial charge in [0.2, 0.25) is 0 Å². The van der Waals surface area contributed by atoms with Crippen LogP contribution in [-0.4, -0.2) is 39.7 Å². The summed E-state index contributed by atoms with van der Waals surface area (Å²) < 4.78 is 5.20. The molecule has 2 aliphatic rings. The molecule has 25 heavy (non-hydrogen) atoms. The molecular formula is C19H20N2O4. The molecule has 6 heteroatoms. The number of pyridine rings is 1. The number of methoxy groups -OCH3 is 1. The first-order chi connectivity index (χ1) is 12.0. The van der Waals surface area contributed by atoms with Gasteiger partial charge in [0.15, 0.2) is 11.5 Å². The highest BCUT2D eigenvalue weighted by atomic mass is 16.5. The number of amides is 1. The van der Waals surface area contributed by atoms with E-state index >= 15 is 0 Å². The predicted octanol–water partition coefficient (Wildman–Crippen LogP) is 2.14. The molecule has 1 aromatic carbocycles. The summed E-state index contributed by atoms with van der Waals surface area (Å²) >= 11 is 0. The Morgan fingerprint density at radius 1 is 1.36 bits per heavy atom. The third kappa shape index (κ3) is 2.36. The number of fused-ring (bicyclic) bond motifs is 4. The summed E-state index contributed by atoms with van der Waals surface area (Å²) in [5.41, 5.74) is 4.13. The van der Waals surface area contributed by atoms with Crippen LogP contribution in [0, 0.1) is 0 Å². The van der Waals surface area contributed by atoms with Crippen molar-refractivity contribution in [2.75, 3.05) is 13.7 Å². The van der Waals surface area contributed by atoms with Crippen molar-refractivity contribution in [3.63, 3.8) is 0 Å². The maximum atomic E-state index is 13.0. The molecule has 6 nitrogen and oxygen atoms in total. The van der Waals surface area contributed by atoms with Gasteiger partial charge in [-0.2, -0.15) is 0 Å². The fourth-order valence-corrected chi connectivity index (χ4v) is 3.97. The molecule has 1 aromatic heterocycles. The Balaban J connectivity index is 1.84. The Hall–Kier alpha value is -2.60. The maximum absolute atomic E-state index is 13.0. The zero-order chi connectivity index (χ0) is 17.7. The van der Waals surface area contributed by atoms with Crippen molar-refractivity contribution in [1.29, 1.82) is 0 Å². The number of aromatic nitrogens is 1. The minimum Gasteiger partial charge on any atom is -0.504 e. The van der Waals surface area contributed by atoms with E-state index in [-0.39, 0.29) is 17.7 Å². The molecule has 0 fully saturated rings. The van der Waals surface area contributed by atoms with E-state index in [4.69, 9.17) is 4.74 Å². The molecule has 4 rings (SSSR count). The number of aromatic hydroxyl groups is 1. The van der Waals surface area contributed by atoms with Crippen LogP contribution in [0.15, 0.2) is 24.5 Å². The maximum Gasteiger partial charge on any atom is 0.256 e. The van der Waals surface area contributed by atoms with Crippen LogP contribution in [0.1, 0.15) is 51.7 Å². The second kappa shape index (κ2) is 5.74. The van der Waals surface area contributed by atoms with Gasteiger partial charge in [-0.3, -0.25) is 9.78 Å². The van der Waals surface area contributed by atoms with Crippen LogP contribution in [0.4, 0.5) is 0 Å². The number of aliphatic hydroxyl groups excluding tert-OH is 1. The number of benzene rings is 1. The molecule has 1 amide bonds. The lowest BCUT2D eigenvalue weighted by atomic mass is 9.82. The average Bonchev–Trinajstić information content (AvgIpc) is 2.61. The zero-order valence-electron chi connectivity index (χ0n) is 14.2. The highest BCUT2D eigenvalue weighted by molar-refractivity contribution is 5.97. The SMILES string of the molecule is COc1cc2c(cc1O)C1Cc3c(cncc3C(C)O)C(=O)N1CC2. The Kier molecular flexibility index (Phi) is 3.65. The smallest absolute Gasteiger partial charge is 0.256 e. The lowest BCUT2D eigenvalue weighted by Crippen LogP contribution is -2.44. The van der Waals surface area contributed by atoms with Gasteiger partial charge >= 0.3 is 0 Å². The van der Waals surface area contributed by atoms with Crippen molar-refractivity contribution < 1.29 is 19.7 Å². The fraction of sp³-hybridized carbons (Fsp3) is 0.368. The molecule has 0 aliphatic carbocycles. The molecule has 130 valence electrons. The average molecular weight is 340 g/mol. The number of hydrogen-bond donors (Lipinski definition) is 2. The molecule has 3 heterocycles. The van der Waals surface area contributed by atoms with E-state index in [2.05, 4.69) is 4.98 Å². The topological polar surface area (TPSA) is 82.9 Å². The van der Waals surface area contributed by atoms with Gasteiger partial charge in [0.25, 0.3) is 5.91 Å². The van der Waals surface area contributed by atoms with E-state index < -0.39 is 6.10 Å². The fourth-order valence-electron chi connectivity index (χ4n) is 3.97. The van der Waals surface area contributed by atoms with Crippen molar-refractivity contribution in [1.82, 2.24) is 9.88 Å². The molecule has 0 saturated carbocycles. The van der Waals surface area contributed by atoms with Crippen LogP contribution in [-0.2, 0) is 12.8 Å². The normalized spacial score (nSPS) is 19.7. The predicted molar refractivity (Wildman–Crippen MR) is 90.7 cm³/mol. The van der Waals surface area contributed by atoms with E-state index in [1.807, 2.05) is 11.0 Å². The van der Waals surface area contributed by atoms with Gasteiger partial charge in [0.1, 0.15) is 0 Å². The summed E-state index contributed by atoms with van der Waals surface area (Å²) in [5, 5.41) is 20.2. The number of hydrogen-bond acceptors (Lipinski definition) is 5. The molecule has 2 N–H and O–H groups in total. The third-order valence-electron chi connectivity index (χ3n) is 5.23. The number of ether oxygens (including phenoxy) is 1. The quantitative estimate of drug-likeness (QED) is 0.875. The number of carbonyl (C=O) groups is 1. The van der Waals surface area contributed by atoms with Gasteiger partial charge < -0.3 is 19.8 Å². The van der Waals surface area contributed by atoms with Crippen LogP contribution >= 0.6 is 0 Å². The standard InChI is InChI=1S/C19H20N2O4/c1-10(22)14-8-20-9-15-13(14)6-16-12-7-17(23)18(25-2)5-11(12)3-4-21(16)19(15)24/h5,7-10,16,22-23H,3-4,6H2,1-2H3. The van der Waals surface area contributed by atoms with Crippen molar-refractivity contribution in [2.24, 2.45) is 0 Å². The molecular weight excluding hydrogens is 320 g/mol. The van der Waals surface area contributed by atoms with Gasteiger partial charge in [-0.25, -0.2) is 0 Å². The van der Waals surface area contributed by atoms with Crippen LogP contribution in [0.2, 0.25) is 0 Å². The molecule has 2 atom stereocenters. The van der Waals surface area contributed by atoms with E-state index in [0.29, 0.717) is 36.3 Å². The summed E-state index contributed by atoms with van der Waals surface area (Å²) in [6.07, 6.45) is 3.84. The van der Waals surface area contributed by atoms with Crippen LogP contribution in [0.3, 0.4) is 0 Å². The van der Waals surface area contributed by atoms with Crippen molar-refractivity contribution in [2.45, 2.75) is 31.9 Å². The largest absolute Gasteiger partial charge is 0.504 e. The zero-order valence-corrected chi connectivity index (χ0v) is 14.2. The number of carbonyl (C=O) groups excluding carboxylic acids is 1. The number of nitrogens with zero attached hydrogens (tertiary/aromatic N) is 2. The molecule has 2 unspecified atom stereocenters. The molecule has 0 saturated heterocycles. The van der Waals surface area contributed by atoms with Gasteiger partial charge in [-0.1, -0.05) is 0 Å². The van der Waals surface area contributed by atoms with Gasteiger partial charge in [0.05, 0.1) is 24.8 Å². The number of phenolic OH excluding ortho intramolecular Hbond substituents is 1. The summed E-state index contributed by atoms with van der Waals surface area (Å²) in [5.74, 6) is 0.456. The van der Waals surface area contributed by atoms with Gasteiger partial charge in [0, 0.05) is 24.5 Å². The Labute approximate surface area is 145 Å². The molecule has 0 radical (unpaired) electrons. The number of rotatable bonds is 2. The van der Waals surface area contributed by atoms with Crippen molar-refractivity contribution in [3.05, 3.63) is 52.3 Å². The summed E-state index contributed by atoms with van der Waals surface area (Å²) in [6.45, 7) is 2.29. The lowest BCUT2D eigenvalue weighted by Gasteiger charge is -2.41. The third-order valence-corrected chi connectivity index (χ3v) is 5.23. The Bertz CT molecular complexity index is 863. The first-order valence-corrected chi connectivity index (χ1v) is 8.36. The van der Waals surface area contributed by atoms with Gasteiger partial charge in [-0.15, -0.1) is 0 Å². The van der Waals surface area contributed by atoms with E-state index in [9.17, 15) is 15.0 Å². The van der Waals surface area contributed by atoms with Gasteiger partial charge in [-0.05, 0) is 48.6 Å². The number of phenols is 1. The Morgan fingerprint density at radius 3 is 2.88 bits per heavy atom. The van der Waals surface area contributed by atoms with E-state index in [0.717, 1.165) is 16.7 Å². The summed E-state index contributed by atoms with van der Waals surface area (Å²) in [7, 11) is 1.53. The molecule has 2 aliphatic heterocycles. The minimum atomic E-state index is -0.686. The van der Waals surface area contributed by atoms with Crippen LogP contribution in [0.5, 0.6) is 11.5 Å². The highest BCUT2D eigenvalue weighted by Gasteiger charge is 2.38. The van der Waals surface area contributed by atoms with E-state index in [1.165, 1.54) is 7.11 Å². The second-order valence-corrected chi connectivity index (χ2v) is 6.62. The summed E-state index contributed by atoms with van der Waals surface area (Å²) in [4.78, 5) is 18.9. The van der Waals surface area contributed by atoms with Crippen molar-refractivity contribution >= 4 is 5.91 Å². The molecule has 2 aromatic rings. The molecule has 0 bridgehead atoms. The second-order valence-electron chi connectivity index (χ2n) is 6.62. The highest BCUT2D eigenvalue weighted by Crippen LogP contribution is 2.43. The lowest BCUT2D eigenvalue weighted by molar-refractivity contribution is 0.0628. The van der Waals surface area contributed by atoms with Crippen molar-refractivity contribution in [3.8, 4) is 11.5 Å². The number of aliphatic hydroxyl groups is 1. The molecule has 0 spiro atoms. The summed E-state index contributed by atoms with van der Waals surface area (Å²) in [6, 6.07) is 3.40. The Morgan fingerprint density at radius 2 is 2.16 bits per heavy atom. The van der Waals surface area contributed by atoms with E-state index in [1.54, 1.807) is 25.4 Å². The van der Waals surface area contributed by atoms with Crippen LogP contribution in [0.25, 0.3) is 0 Å². The monoisotopic (exact) mass is 340 g/mol. The first kappa shape index (κ1) is 15.9.